The largest absolute Gasteiger partial charge is 0.328 e. The number of aryl methyl sites for hydroxylation is 2. The third-order valence-corrected chi connectivity index (χ3v) is 2.95. The van der Waals surface area contributed by atoms with E-state index < -0.39 is 0 Å². The minimum Gasteiger partial charge on any atom is -0.328 e. The van der Waals surface area contributed by atoms with E-state index in [1.54, 1.807) is 0 Å². The molecule has 2 aromatic rings. The van der Waals surface area contributed by atoms with Gasteiger partial charge in [-0.2, -0.15) is 0 Å². The van der Waals surface area contributed by atoms with E-state index in [2.05, 4.69) is 29.5 Å². The van der Waals surface area contributed by atoms with Gasteiger partial charge >= 0.3 is 0 Å². The molecule has 0 amide bonds. The Balaban J connectivity index is 2.56. The van der Waals surface area contributed by atoms with E-state index in [1.807, 2.05) is 12.1 Å². The van der Waals surface area contributed by atoms with E-state index in [1.165, 1.54) is 11.3 Å². The average molecular weight is 237 g/mol. The molecular formula is C13H17ClN2. The lowest BCUT2D eigenvalue weighted by Gasteiger charge is -2.06. The zero-order chi connectivity index (χ0) is 11.5. The third-order valence-electron chi connectivity index (χ3n) is 2.71. The van der Waals surface area contributed by atoms with Gasteiger partial charge in [0.1, 0.15) is 5.82 Å². The van der Waals surface area contributed by atoms with Crippen molar-refractivity contribution in [1.82, 2.24) is 9.55 Å². The van der Waals surface area contributed by atoms with Crippen LogP contribution in [0.3, 0.4) is 0 Å². The minimum absolute atomic E-state index is 0.761. The van der Waals surface area contributed by atoms with Crippen LogP contribution in [0.25, 0.3) is 11.0 Å². The molecule has 0 saturated carbocycles. The molecule has 0 unspecified atom stereocenters. The number of fused-ring (bicyclic) bond motifs is 1. The van der Waals surface area contributed by atoms with E-state index in [4.69, 9.17) is 11.6 Å². The summed E-state index contributed by atoms with van der Waals surface area (Å²) in [5.41, 5.74) is 2.22. The predicted octanol–water partition coefficient (Wildman–Crippen LogP) is 4.05. The van der Waals surface area contributed by atoms with E-state index in [-0.39, 0.29) is 0 Å². The number of imidazole rings is 1. The molecule has 1 heterocycles. The molecule has 0 spiro atoms. The Morgan fingerprint density at radius 1 is 1.25 bits per heavy atom. The number of halogens is 1. The molecule has 0 aliphatic rings. The van der Waals surface area contributed by atoms with Crippen LogP contribution in [0.1, 0.15) is 32.5 Å². The molecule has 2 nitrogen and oxygen atoms in total. The van der Waals surface area contributed by atoms with Gasteiger partial charge in [0.15, 0.2) is 0 Å². The lowest BCUT2D eigenvalue weighted by atomic mass is 10.3. The summed E-state index contributed by atoms with van der Waals surface area (Å²) in [7, 11) is 0. The number of nitrogens with zero attached hydrogens (tertiary/aromatic N) is 2. The topological polar surface area (TPSA) is 17.8 Å². The summed E-state index contributed by atoms with van der Waals surface area (Å²) in [4.78, 5) is 4.66. The first-order valence-corrected chi connectivity index (χ1v) is 6.28. The van der Waals surface area contributed by atoms with Gasteiger partial charge < -0.3 is 4.57 Å². The molecule has 0 aliphatic carbocycles. The van der Waals surface area contributed by atoms with E-state index >= 15 is 0 Å². The van der Waals surface area contributed by atoms with Gasteiger partial charge in [0.2, 0.25) is 0 Å². The number of hydrogen-bond acceptors (Lipinski definition) is 1. The minimum atomic E-state index is 0.761. The summed E-state index contributed by atoms with van der Waals surface area (Å²) < 4.78 is 2.31. The molecule has 16 heavy (non-hydrogen) atoms. The first-order chi connectivity index (χ1) is 7.76. The second-order valence-corrected chi connectivity index (χ2v) is 4.50. The van der Waals surface area contributed by atoms with Crippen molar-refractivity contribution < 1.29 is 0 Å². The van der Waals surface area contributed by atoms with Crippen LogP contribution in [0.2, 0.25) is 5.02 Å². The maximum atomic E-state index is 5.99. The molecule has 86 valence electrons. The normalized spacial score (nSPS) is 11.2. The molecule has 0 fully saturated rings. The summed E-state index contributed by atoms with van der Waals surface area (Å²) in [6.45, 7) is 5.41. The lowest BCUT2D eigenvalue weighted by Crippen LogP contribution is -2.02. The molecule has 3 heteroatoms. The van der Waals surface area contributed by atoms with Gasteiger partial charge in [-0.3, -0.25) is 0 Å². The highest BCUT2D eigenvalue weighted by Gasteiger charge is 2.09. The number of benzene rings is 1. The Labute approximate surface area is 101 Å². The summed E-state index contributed by atoms with van der Waals surface area (Å²) in [6.07, 6.45) is 3.29. The maximum Gasteiger partial charge on any atom is 0.109 e. The Morgan fingerprint density at radius 3 is 2.75 bits per heavy atom. The smallest absolute Gasteiger partial charge is 0.109 e. The predicted molar refractivity (Wildman–Crippen MR) is 69.0 cm³/mol. The molecular weight excluding hydrogens is 220 g/mol. The zero-order valence-corrected chi connectivity index (χ0v) is 10.6. The van der Waals surface area contributed by atoms with Gasteiger partial charge in [0.25, 0.3) is 0 Å². The summed E-state index contributed by atoms with van der Waals surface area (Å²) in [5, 5.41) is 0.761. The van der Waals surface area contributed by atoms with E-state index in [0.29, 0.717) is 0 Å². The molecule has 0 bridgehead atoms. The van der Waals surface area contributed by atoms with Crippen LogP contribution in [0.15, 0.2) is 18.2 Å². The monoisotopic (exact) mass is 236 g/mol. The lowest BCUT2D eigenvalue weighted by molar-refractivity contribution is 0.646. The van der Waals surface area contributed by atoms with Crippen LogP contribution in [-0.2, 0) is 13.0 Å². The van der Waals surface area contributed by atoms with Crippen molar-refractivity contribution in [2.75, 3.05) is 0 Å². The van der Waals surface area contributed by atoms with Crippen molar-refractivity contribution in [3.63, 3.8) is 0 Å². The van der Waals surface area contributed by atoms with Crippen molar-refractivity contribution in [1.29, 1.82) is 0 Å². The first-order valence-electron chi connectivity index (χ1n) is 5.91. The van der Waals surface area contributed by atoms with Crippen molar-refractivity contribution in [2.24, 2.45) is 0 Å². The van der Waals surface area contributed by atoms with Gasteiger partial charge in [0, 0.05) is 18.0 Å². The van der Waals surface area contributed by atoms with Crippen LogP contribution in [0.4, 0.5) is 0 Å². The number of aromatic nitrogens is 2. The van der Waals surface area contributed by atoms with Gasteiger partial charge in [0.05, 0.1) is 11.0 Å². The quantitative estimate of drug-likeness (QED) is 0.783. The zero-order valence-electron chi connectivity index (χ0n) is 9.83. The fourth-order valence-corrected chi connectivity index (χ4v) is 2.21. The van der Waals surface area contributed by atoms with Crippen LogP contribution >= 0.6 is 11.6 Å². The summed E-state index contributed by atoms with van der Waals surface area (Å²) >= 11 is 5.99. The molecule has 0 radical (unpaired) electrons. The Bertz CT molecular complexity index is 488. The standard InChI is InChI=1S/C13H17ClN2/c1-3-5-13-15-11-9-10(14)6-7-12(11)16(13)8-4-2/h6-7,9H,3-5,8H2,1-2H3. The maximum absolute atomic E-state index is 5.99. The molecule has 0 saturated heterocycles. The SMILES string of the molecule is CCCc1nc2cc(Cl)ccc2n1CCC. The molecule has 0 atom stereocenters. The van der Waals surface area contributed by atoms with Gasteiger partial charge in [-0.05, 0) is 31.0 Å². The van der Waals surface area contributed by atoms with Gasteiger partial charge in [-0.1, -0.05) is 25.4 Å². The van der Waals surface area contributed by atoms with E-state index in [0.717, 1.165) is 36.3 Å². The highest BCUT2D eigenvalue weighted by atomic mass is 35.5. The van der Waals surface area contributed by atoms with Crippen molar-refractivity contribution in [3.8, 4) is 0 Å². The average Bonchev–Trinajstić information content (AvgIpc) is 2.57. The number of hydrogen-bond donors (Lipinski definition) is 0. The van der Waals surface area contributed by atoms with E-state index in [9.17, 15) is 0 Å². The molecule has 1 aromatic heterocycles. The second kappa shape index (κ2) is 4.88. The van der Waals surface area contributed by atoms with Crippen LogP contribution in [0.5, 0.6) is 0 Å². The fourth-order valence-electron chi connectivity index (χ4n) is 2.04. The summed E-state index contributed by atoms with van der Waals surface area (Å²) in [6, 6.07) is 5.95. The van der Waals surface area contributed by atoms with Crippen LogP contribution < -0.4 is 0 Å². The highest BCUT2D eigenvalue weighted by molar-refractivity contribution is 6.31. The Hall–Kier alpha value is -1.02. The molecule has 1 aromatic carbocycles. The second-order valence-electron chi connectivity index (χ2n) is 4.06. The van der Waals surface area contributed by atoms with Crippen LogP contribution in [0, 0.1) is 0 Å². The molecule has 0 N–H and O–H groups in total. The molecule has 2 rings (SSSR count). The third kappa shape index (κ3) is 2.07. The van der Waals surface area contributed by atoms with Crippen LogP contribution in [-0.4, -0.2) is 9.55 Å². The van der Waals surface area contributed by atoms with Crippen molar-refractivity contribution in [3.05, 3.63) is 29.0 Å². The number of rotatable bonds is 4. The van der Waals surface area contributed by atoms with Crippen molar-refractivity contribution >= 4 is 22.6 Å². The molecule has 0 aliphatic heterocycles. The Kier molecular flexibility index (Phi) is 3.49. The first kappa shape index (κ1) is 11.5. The van der Waals surface area contributed by atoms with Gasteiger partial charge in [-0.25, -0.2) is 4.98 Å². The fraction of sp³-hybridized carbons (Fsp3) is 0.462. The Morgan fingerprint density at radius 2 is 2.06 bits per heavy atom. The highest BCUT2D eigenvalue weighted by Crippen LogP contribution is 2.21. The van der Waals surface area contributed by atoms with Crippen molar-refractivity contribution in [2.45, 2.75) is 39.7 Å². The summed E-state index contributed by atoms with van der Waals surface area (Å²) in [5.74, 6) is 1.18. The van der Waals surface area contributed by atoms with Gasteiger partial charge in [-0.15, -0.1) is 0 Å².